The van der Waals surface area contributed by atoms with Crippen LogP contribution < -0.4 is 4.74 Å². The lowest BCUT2D eigenvalue weighted by Crippen LogP contribution is -2.14. The third kappa shape index (κ3) is 2.93. The minimum Gasteiger partial charge on any atom is -0.466 e. The first-order valence-corrected chi connectivity index (χ1v) is 5.44. The average molecular weight is 231 g/mol. The second-order valence-corrected chi connectivity index (χ2v) is 3.44. The van der Waals surface area contributed by atoms with E-state index in [1.165, 1.54) is 0 Å². The zero-order chi connectivity index (χ0) is 12.1. The monoisotopic (exact) mass is 231 g/mol. The van der Waals surface area contributed by atoms with Gasteiger partial charge in [0.1, 0.15) is 0 Å². The van der Waals surface area contributed by atoms with Gasteiger partial charge in [-0.2, -0.15) is 0 Å². The van der Waals surface area contributed by atoms with E-state index in [-0.39, 0.29) is 12.6 Å². The SMILES string of the molecule is CCOC(=O)COc1ccc2ccccc2n1. The van der Waals surface area contributed by atoms with E-state index in [1.807, 2.05) is 30.3 Å². The van der Waals surface area contributed by atoms with Crippen LogP contribution in [0.5, 0.6) is 5.88 Å². The minimum atomic E-state index is -0.387. The van der Waals surface area contributed by atoms with E-state index in [9.17, 15) is 4.79 Å². The number of hydrogen-bond acceptors (Lipinski definition) is 4. The second kappa shape index (κ2) is 5.30. The number of hydrogen-bond donors (Lipinski definition) is 0. The highest BCUT2D eigenvalue weighted by molar-refractivity contribution is 5.79. The maximum Gasteiger partial charge on any atom is 0.344 e. The smallest absolute Gasteiger partial charge is 0.344 e. The molecule has 1 aromatic carbocycles. The summed E-state index contributed by atoms with van der Waals surface area (Å²) in [5.74, 6) is 0.0409. The van der Waals surface area contributed by atoms with Gasteiger partial charge in [0.05, 0.1) is 12.1 Å². The van der Waals surface area contributed by atoms with Gasteiger partial charge in [-0.1, -0.05) is 18.2 Å². The van der Waals surface area contributed by atoms with E-state index in [2.05, 4.69) is 4.98 Å². The topological polar surface area (TPSA) is 48.4 Å². The molecular weight excluding hydrogens is 218 g/mol. The molecule has 2 aromatic rings. The first-order valence-electron chi connectivity index (χ1n) is 5.44. The Morgan fingerprint density at radius 1 is 1.24 bits per heavy atom. The summed E-state index contributed by atoms with van der Waals surface area (Å²) in [6.07, 6.45) is 0. The predicted molar refractivity (Wildman–Crippen MR) is 63.9 cm³/mol. The molecule has 4 nitrogen and oxygen atoms in total. The number of rotatable bonds is 4. The van der Waals surface area contributed by atoms with E-state index in [0.29, 0.717) is 12.5 Å². The molecule has 1 heterocycles. The Kier molecular flexibility index (Phi) is 3.55. The largest absolute Gasteiger partial charge is 0.466 e. The highest BCUT2D eigenvalue weighted by atomic mass is 16.6. The fourth-order valence-electron chi connectivity index (χ4n) is 1.46. The number of para-hydroxylation sites is 1. The van der Waals surface area contributed by atoms with E-state index in [1.54, 1.807) is 13.0 Å². The molecule has 0 saturated heterocycles. The van der Waals surface area contributed by atoms with Crippen molar-refractivity contribution in [3.63, 3.8) is 0 Å². The third-order valence-corrected chi connectivity index (χ3v) is 2.22. The number of ether oxygens (including phenoxy) is 2. The van der Waals surface area contributed by atoms with Crippen molar-refractivity contribution in [2.24, 2.45) is 0 Å². The highest BCUT2D eigenvalue weighted by Gasteiger charge is 2.04. The number of aromatic nitrogens is 1. The summed E-state index contributed by atoms with van der Waals surface area (Å²) in [6.45, 7) is 2.00. The lowest BCUT2D eigenvalue weighted by atomic mass is 10.2. The summed E-state index contributed by atoms with van der Waals surface area (Å²) in [5.41, 5.74) is 0.842. The molecule has 0 bridgehead atoms. The number of fused-ring (bicyclic) bond motifs is 1. The lowest BCUT2D eigenvalue weighted by molar-refractivity contribution is -0.145. The Balaban J connectivity index is 2.06. The lowest BCUT2D eigenvalue weighted by Gasteiger charge is -2.05. The number of esters is 1. The molecule has 88 valence electrons. The molecule has 0 amide bonds. The van der Waals surface area contributed by atoms with Gasteiger partial charge in [-0.15, -0.1) is 0 Å². The fourth-order valence-corrected chi connectivity index (χ4v) is 1.46. The van der Waals surface area contributed by atoms with Crippen LogP contribution in [0.1, 0.15) is 6.92 Å². The number of carbonyl (C=O) groups is 1. The van der Waals surface area contributed by atoms with E-state index in [0.717, 1.165) is 10.9 Å². The first-order chi connectivity index (χ1) is 8.29. The molecule has 0 aliphatic rings. The van der Waals surface area contributed by atoms with Gasteiger partial charge in [-0.05, 0) is 19.1 Å². The maximum atomic E-state index is 11.1. The average Bonchev–Trinajstić information content (AvgIpc) is 2.36. The van der Waals surface area contributed by atoms with Gasteiger partial charge in [0, 0.05) is 11.5 Å². The molecule has 1 aromatic heterocycles. The standard InChI is InChI=1S/C13H13NO3/c1-2-16-13(15)9-17-12-8-7-10-5-3-4-6-11(10)14-12/h3-8H,2,9H2,1H3. The van der Waals surface area contributed by atoms with Gasteiger partial charge >= 0.3 is 5.97 Å². The zero-order valence-corrected chi connectivity index (χ0v) is 9.55. The van der Waals surface area contributed by atoms with Gasteiger partial charge in [-0.25, -0.2) is 9.78 Å². The molecule has 0 atom stereocenters. The van der Waals surface area contributed by atoms with Crippen molar-refractivity contribution in [3.05, 3.63) is 36.4 Å². The fraction of sp³-hybridized carbons (Fsp3) is 0.231. The first kappa shape index (κ1) is 11.4. The summed E-state index contributed by atoms with van der Waals surface area (Å²) >= 11 is 0. The van der Waals surface area contributed by atoms with Gasteiger partial charge in [0.25, 0.3) is 0 Å². The normalized spacial score (nSPS) is 10.2. The predicted octanol–water partition coefficient (Wildman–Crippen LogP) is 2.18. The summed E-state index contributed by atoms with van der Waals surface area (Å²) in [4.78, 5) is 15.4. The molecule has 0 unspecified atom stereocenters. The molecule has 0 fully saturated rings. The summed E-state index contributed by atoms with van der Waals surface area (Å²) in [6, 6.07) is 11.4. The molecule has 0 radical (unpaired) electrons. The molecule has 4 heteroatoms. The van der Waals surface area contributed by atoms with Crippen LogP contribution in [0.15, 0.2) is 36.4 Å². The molecule has 0 saturated carbocycles. The molecular formula is C13H13NO3. The van der Waals surface area contributed by atoms with Crippen LogP contribution in [0.3, 0.4) is 0 Å². The molecule has 2 rings (SSSR count). The minimum absolute atomic E-state index is 0.112. The summed E-state index contributed by atoms with van der Waals surface area (Å²) in [7, 11) is 0. The van der Waals surface area contributed by atoms with Crippen LogP contribution in [0.25, 0.3) is 10.9 Å². The maximum absolute atomic E-state index is 11.1. The molecule has 0 spiro atoms. The van der Waals surface area contributed by atoms with Crippen LogP contribution in [0.4, 0.5) is 0 Å². The Labute approximate surface area is 99.2 Å². The van der Waals surface area contributed by atoms with Gasteiger partial charge in [0.2, 0.25) is 5.88 Å². The third-order valence-electron chi connectivity index (χ3n) is 2.22. The number of nitrogens with zero attached hydrogens (tertiary/aromatic N) is 1. The molecule has 0 N–H and O–H groups in total. The highest BCUT2D eigenvalue weighted by Crippen LogP contribution is 2.15. The van der Waals surface area contributed by atoms with Gasteiger partial charge < -0.3 is 9.47 Å². The van der Waals surface area contributed by atoms with E-state index in [4.69, 9.17) is 9.47 Å². The van der Waals surface area contributed by atoms with Crippen molar-refractivity contribution >= 4 is 16.9 Å². The number of benzene rings is 1. The van der Waals surface area contributed by atoms with Crippen molar-refractivity contribution in [1.82, 2.24) is 4.98 Å². The van der Waals surface area contributed by atoms with Crippen molar-refractivity contribution in [3.8, 4) is 5.88 Å². The Bertz CT molecular complexity index is 525. The quantitative estimate of drug-likeness (QED) is 0.757. The molecule has 0 aliphatic heterocycles. The molecule has 17 heavy (non-hydrogen) atoms. The number of pyridine rings is 1. The van der Waals surface area contributed by atoms with Crippen LogP contribution in [0.2, 0.25) is 0 Å². The Morgan fingerprint density at radius 2 is 2.06 bits per heavy atom. The molecule has 0 aliphatic carbocycles. The Morgan fingerprint density at radius 3 is 2.88 bits per heavy atom. The van der Waals surface area contributed by atoms with Gasteiger partial charge in [0.15, 0.2) is 6.61 Å². The van der Waals surface area contributed by atoms with Crippen LogP contribution in [-0.2, 0) is 9.53 Å². The van der Waals surface area contributed by atoms with Crippen molar-refractivity contribution in [2.45, 2.75) is 6.92 Å². The second-order valence-electron chi connectivity index (χ2n) is 3.44. The van der Waals surface area contributed by atoms with Crippen LogP contribution in [0, 0.1) is 0 Å². The van der Waals surface area contributed by atoms with Crippen molar-refractivity contribution < 1.29 is 14.3 Å². The number of carbonyl (C=O) groups excluding carboxylic acids is 1. The van der Waals surface area contributed by atoms with E-state index < -0.39 is 0 Å². The zero-order valence-electron chi connectivity index (χ0n) is 9.55. The van der Waals surface area contributed by atoms with Crippen molar-refractivity contribution in [2.75, 3.05) is 13.2 Å². The summed E-state index contributed by atoms with van der Waals surface area (Å²) < 4.78 is 10.0. The van der Waals surface area contributed by atoms with Gasteiger partial charge in [-0.3, -0.25) is 0 Å². The van der Waals surface area contributed by atoms with Crippen molar-refractivity contribution in [1.29, 1.82) is 0 Å². The van der Waals surface area contributed by atoms with E-state index >= 15 is 0 Å². The summed E-state index contributed by atoms with van der Waals surface area (Å²) in [5, 5.41) is 1.04. The Hall–Kier alpha value is -2.10. The van der Waals surface area contributed by atoms with Crippen LogP contribution >= 0.6 is 0 Å². The van der Waals surface area contributed by atoms with Crippen LogP contribution in [-0.4, -0.2) is 24.2 Å².